The fourth-order valence-electron chi connectivity index (χ4n) is 1.27. The molecule has 5 heteroatoms. The Hall–Kier alpha value is -1.19. The van der Waals surface area contributed by atoms with Crippen LogP contribution in [-0.2, 0) is 0 Å². The van der Waals surface area contributed by atoms with Gasteiger partial charge in [0, 0.05) is 11.4 Å². The predicted octanol–water partition coefficient (Wildman–Crippen LogP) is 4.17. The Kier molecular flexibility index (Phi) is 5.32. The molecule has 0 aromatic heterocycles. The molecular weight excluding hydrogens is 261 g/mol. The molecule has 0 spiro atoms. The van der Waals surface area contributed by atoms with Crippen molar-refractivity contribution in [2.75, 3.05) is 0 Å². The minimum Gasteiger partial charge on any atom is -0.483 e. The number of hydrogen-bond donors (Lipinski definition) is 1. The van der Waals surface area contributed by atoms with E-state index in [1.165, 1.54) is 0 Å². The molecule has 92 valence electrons. The van der Waals surface area contributed by atoms with Crippen molar-refractivity contribution in [2.45, 2.75) is 19.4 Å². The molecule has 1 aromatic rings. The number of ether oxygens (including phenoxy) is 1. The minimum absolute atomic E-state index is 0.392. The van der Waals surface area contributed by atoms with Crippen molar-refractivity contribution in [2.24, 2.45) is 5.16 Å². The lowest BCUT2D eigenvalue weighted by molar-refractivity contribution is 0.265. The van der Waals surface area contributed by atoms with Crippen molar-refractivity contribution in [3.8, 4) is 5.75 Å². The normalized spacial score (nSPS) is 13.2. The standard InChI is InChI=1S/C12H13Cl2NO2/c1-3-4-11(15-16)8(2)17-12-6-5-9(13)7-10(12)14/h3,5-8,16H,1,4H2,2H3/b15-11-. The number of oxime groups is 1. The molecule has 0 heterocycles. The fraction of sp³-hybridized carbons (Fsp3) is 0.250. The third-order valence-corrected chi connectivity index (χ3v) is 2.68. The Bertz CT molecular complexity index is 433. The molecule has 17 heavy (non-hydrogen) atoms. The van der Waals surface area contributed by atoms with Crippen LogP contribution >= 0.6 is 23.2 Å². The first-order chi connectivity index (χ1) is 8.08. The average Bonchev–Trinajstić information content (AvgIpc) is 2.29. The monoisotopic (exact) mass is 273 g/mol. The number of hydrogen-bond acceptors (Lipinski definition) is 3. The van der Waals surface area contributed by atoms with E-state index in [1.54, 1.807) is 31.2 Å². The number of nitrogens with zero attached hydrogens (tertiary/aromatic N) is 1. The Morgan fingerprint density at radius 1 is 1.59 bits per heavy atom. The van der Waals surface area contributed by atoms with E-state index >= 15 is 0 Å². The lowest BCUT2D eigenvalue weighted by atomic mass is 10.2. The quantitative estimate of drug-likeness (QED) is 0.379. The SMILES string of the molecule is C=CC/C(=N/O)C(C)Oc1ccc(Cl)cc1Cl. The van der Waals surface area contributed by atoms with Crippen LogP contribution in [0.4, 0.5) is 0 Å². The maximum atomic E-state index is 8.83. The highest BCUT2D eigenvalue weighted by Gasteiger charge is 2.13. The van der Waals surface area contributed by atoms with Crippen LogP contribution in [-0.4, -0.2) is 17.0 Å². The van der Waals surface area contributed by atoms with Crippen molar-refractivity contribution < 1.29 is 9.94 Å². The molecule has 1 rings (SSSR count). The smallest absolute Gasteiger partial charge is 0.138 e. The molecule has 1 aromatic carbocycles. The summed E-state index contributed by atoms with van der Waals surface area (Å²) in [6.45, 7) is 5.34. The van der Waals surface area contributed by atoms with Crippen LogP contribution in [0, 0.1) is 0 Å². The lowest BCUT2D eigenvalue weighted by Gasteiger charge is -2.16. The van der Waals surface area contributed by atoms with Gasteiger partial charge in [-0.15, -0.1) is 6.58 Å². The van der Waals surface area contributed by atoms with Crippen LogP contribution in [0.5, 0.6) is 5.75 Å². The second kappa shape index (κ2) is 6.52. The van der Waals surface area contributed by atoms with Crippen molar-refractivity contribution in [1.29, 1.82) is 0 Å². The summed E-state index contributed by atoms with van der Waals surface area (Å²) in [5.41, 5.74) is 0.478. The van der Waals surface area contributed by atoms with Gasteiger partial charge in [-0.3, -0.25) is 0 Å². The Morgan fingerprint density at radius 3 is 2.82 bits per heavy atom. The molecule has 1 atom stereocenters. The molecule has 0 aliphatic heterocycles. The van der Waals surface area contributed by atoms with Crippen molar-refractivity contribution >= 4 is 28.9 Å². The molecule has 1 N–H and O–H groups in total. The second-order valence-electron chi connectivity index (χ2n) is 3.42. The molecule has 3 nitrogen and oxygen atoms in total. The van der Waals surface area contributed by atoms with Crippen molar-refractivity contribution in [3.63, 3.8) is 0 Å². The summed E-state index contributed by atoms with van der Waals surface area (Å²) in [6.07, 6.45) is 1.69. The maximum absolute atomic E-state index is 8.83. The van der Waals surface area contributed by atoms with Gasteiger partial charge in [-0.1, -0.05) is 34.4 Å². The molecule has 0 amide bonds. The number of benzene rings is 1. The summed E-state index contributed by atoms with van der Waals surface area (Å²) in [7, 11) is 0. The summed E-state index contributed by atoms with van der Waals surface area (Å²) in [6, 6.07) is 4.94. The first-order valence-corrected chi connectivity index (χ1v) is 5.77. The highest BCUT2D eigenvalue weighted by Crippen LogP contribution is 2.28. The molecule has 0 fully saturated rings. The zero-order valence-electron chi connectivity index (χ0n) is 9.36. The van der Waals surface area contributed by atoms with Gasteiger partial charge >= 0.3 is 0 Å². The average molecular weight is 274 g/mol. The summed E-state index contributed by atoms with van der Waals surface area (Å²) in [5, 5.41) is 13.0. The van der Waals surface area contributed by atoms with E-state index in [0.29, 0.717) is 27.9 Å². The number of allylic oxidation sites excluding steroid dienone is 1. The summed E-state index contributed by atoms with van der Waals surface area (Å²) < 4.78 is 5.58. The molecule has 0 saturated heterocycles. The van der Waals surface area contributed by atoms with E-state index < -0.39 is 6.10 Å². The molecular formula is C12H13Cl2NO2. The Balaban J connectivity index is 2.80. The van der Waals surface area contributed by atoms with Gasteiger partial charge in [-0.25, -0.2) is 0 Å². The molecule has 1 unspecified atom stereocenters. The van der Waals surface area contributed by atoms with Crippen molar-refractivity contribution in [3.05, 3.63) is 40.9 Å². The van der Waals surface area contributed by atoms with Crippen LogP contribution in [0.15, 0.2) is 36.0 Å². The van der Waals surface area contributed by atoms with E-state index in [9.17, 15) is 0 Å². The van der Waals surface area contributed by atoms with Gasteiger partial charge in [-0.2, -0.15) is 0 Å². The third-order valence-electron chi connectivity index (χ3n) is 2.15. The Labute approximate surface area is 110 Å². The van der Waals surface area contributed by atoms with Crippen LogP contribution < -0.4 is 4.74 Å². The molecule has 0 bridgehead atoms. The van der Waals surface area contributed by atoms with E-state index in [1.807, 2.05) is 0 Å². The van der Waals surface area contributed by atoms with Gasteiger partial charge < -0.3 is 9.94 Å². The Morgan fingerprint density at radius 2 is 2.29 bits per heavy atom. The van der Waals surface area contributed by atoms with Crippen LogP contribution in [0.3, 0.4) is 0 Å². The van der Waals surface area contributed by atoms with Gasteiger partial charge in [-0.05, 0) is 25.1 Å². The number of rotatable bonds is 5. The fourth-order valence-corrected chi connectivity index (χ4v) is 1.72. The zero-order valence-corrected chi connectivity index (χ0v) is 10.9. The molecule has 0 saturated carbocycles. The lowest BCUT2D eigenvalue weighted by Crippen LogP contribution is -2.23. The highest BCUT2D eigenvalue weighted by molar-refractivity contribution is 6.35. The van der Waals surface area contributed by atoms with E-state index in [2.05, 4.69) is 11.7 Å². The van der Waals surface area contributed by atoms with Crippen LogP contribution in [0.25, 0.3) is 0 Å². The summed E-state index contributed by atoms with van der Waals surface area (Å²) in [5.74, 6) is 0.494. The van der Waals surface area contributed by atoms with Crippen LogP contribution in [0.2, 0.25) is 10.0 Å². The molecule has 0 radical (unpaired) electrons. The van der Waals surface area contributed by atoms with E-state index in [0.717, 1.165) is 0 Å². The summed E-state index contributed by atoms with van der Waals surface area (Å²) in [4.78, 5) is 0. The van der Waals surface area contributed by atoms with Gasteiger partial charge in [0.1, 0.15) is 17.6 Å². The van der Waals surface area contributed by atoms with Gasteiger partial charge in [0.15, 0.2) is 0 Å². The second-order valence-corrected chi connectivity index (χ2v) is 4.26. The van der Waals surface area contributed by atoms with E-state index in [-0.39, 0.29) is 0 Å². The maximum Gasteiger partial charge on any atom is 0.138 e. The summed E-state index contributed by atoms with van der Waals surface area (Å²) >= 11 is 11.7. The highest BCUT2D eigenvalue weighted by atomic mass is 35.5. The first kappa shape index (κ1) is 13.9. The van der Waals surface area contributed by atoms with Crippen LogP contribution in [0.1, 0.15) is 13.3 Å². The minimum atomic E-state index is -0.392. The predicted molar refractivity (Wildman–Crippen MR) is 70.6 cm³/mol. The number of halogens is 2. The molecule has 0 aliphatic rings. The van der Waals surface area contributed by atoms with Crippen molar-refractivity contribution in [1.82, 2.24) is 0 Å². The topological polar surface area (TPSA) is 41.8 Å². The van der Waals surface area contributed by atoms with Gasteiger partial charge in [0.05, 0.1) is 5.02 Å². The molecule has 0 aliphatic carbocycles. The zero-order chi connectivity index (χ0) is 12.8. The van der Waals surface area contributed by atoms with E-state index in [4.69, 9.17) is 33.1 Å². The largest absolute Gasteiger partial charge is 0.483 e. The van der Waals surface area contributed by atoms with Gasteiger partial charge in [0.25, 0.3) is 0 Å². The van der Waals surface area contributed by atoms with Gasteiger partial charge in [0.2, 0.25) is 0 Å². The first-order valence-electron chi connectivity index (χ1n) is 5.02. The third kappa shape index (κ3) is 3.95.